The van der Waals surface area contributed by atoms with Crippen molar-refractivity contribution in [2.75, 3.05) is 13.1 Å². The lowest BCUT2D eigenvalue weighted by Gasteiger charge is -2.37. The van der Waals surface area contributed by atoms with E-state index in [1.165, 1.54) is 0 Å². The lowest BCUT2D eigenvalue weighted by Crippen LogP contribution is -2.56. The summed E-state index contributed by atoms with van der Waals surface area (Å²) in [7, 11) is 0. The molecule has 1 amide bonds. The first kappa shape index (κ1) is 18.7. The molecule has 1 fully saturated rings. The van der Waals surface area contributed by atoms with Crippen molar-refractivity contribution in [2.24, 2.45) is 0 Å². The van der Waals surface area contributed by atoms with E-state index in [4.69, 9.17) is 0 Å². The Hall–Kier alpha value is -1.36. The smallest absolute Gasteiger partial charge is 0.254 e. The fourth-order valence-electron chi connectivity index (χ4n) is 2.68. The van der Waals surface area contributed by atoms with Gasteiger partial charge in [0.2, 0.25) is 0 Å². The Morgan fingerprint density at radius 2 is 2.05 bits per heavy atom. The van der Waals surface area contributed by atoms with Gasteiger partial charge in [0.1, 0.15) is 0 Å². The molecule has 2 unspecified atom stereocenters. The van der Waals surface area contributed by atoms with Crippen LogP contribution in [-0.2, 0) is 0 Å². The number of carbonyl (C=O) groups excluding carboxylic acids is 1. The molecule has 2 atom stereocenters. The monoisotopic (exact) mass is 341 g/mol. The van der Waals surface area contributed by atoms with Crippen LogP contribution in [-0.4, -0.2) is 41.0 Å². The van der Waals surface area contributed by atoms with E-state index in [1.54, 1.807) is 6.20 Å². The zero-order chi connectivity index (χ0) is 14.1. The summed E-state index contributed by atoms with van der Waals surface area (Å²) in [6, 6.07) is 10.2. The molecule has 1 aromatic heterocycles. The van der Waals surface area contributed by atoms with Crippen LogP contribution in [0, 0.1) is 0 Å². The van der Waals surface area contributed by atoms with Crippen LogP contribution < -0.4 is 5.32 Å². The Balaban J connectivity index is 0.00000121. The molecule has 1 aromatic carbocycles. The number of nitrogens with zero attached hydrogens (tertiary/aromatic N) is 2. The number of rotatable bonds is 1. The van der Waals surface area contributed by atoms with Gasteiger partial charge in [-0.05, 0) is 38.1 Å². The second-order valence-electron chi connectivity index (χ2n) is 5.53. The minimum absolute atomic E-state index is 0. The average Bonchev–Trinajstić information content (AvgIpc) is 2.48. The summed E-state index contributed by atoms with van der Waals surface area (Å²) >= 11 is 0. The van der Waals surface area contributed by atoms with Crippen LogP contribution >= 0.6 is 24.8 Å². The molecule has 120 valence electrons. The van der Waals surface area contributed by atoms with Crippen molar-refractivity contribution >= 4 is 41.6 Å². The van der Waals surface area contributed by atoms with Gasteiger partial charge in [0.15, 0.2) is 0 Å². The topological polar surface area (TPSA) is 45.2 Å². The van der Waals surface area contributed by atoms with E-state index in [2.05, 4.69) is 24.1 Å². The average molecular weight is 342 g/mol. The summed E-state index contributed by atoms with van der Waals surface area (Å²) in [5.74, 6) is 0.108. The van der Waals surface area contributed by atoms with Crippen molar-refractivity contribution in [3.8, 4) is 0 Å². The van der Waals surface area contributed by atoms with Crippen molar-refractivity contribution in [1.82, 2.24) is 15.2 Å². The maximum absolute atomic E-state index is 12.7. The highest BCUT2D eigenvalue weighted by molar-refractivity contribution is 5.98. The van der Waals surface area contributed by atoms with E-state index >= 15 is 0 Å². The molecule has 22 heavy (non-hydrogen) atoms. The molecular weight excluding hydrogens is 321 g/mol. The summed E-state index contributed by atoms with van der Waals surface area (Å²) < 4.78 is 0. The number of amides is 1. The lowest BCUT2D eigenvalue weighted by molar-refractivity contribution is 0.0616. The van der Waals surface area contributed by atoms with Gasteiger partial charge in [0.25, 0.3) is 5.91 Å². The molecule has 6 heteroatoms. The number of fused-ring (bicyclic) bond motifs is 1. The fourth-order valence-corrected chi connectivity index (χ4v) is 2.68. The first-order valence-corrected chi connectivity index (χ1v) is 7.04. The molecule has 2 heterocycles. The molecule has 3 rings (SSSR count). The highest BCUT2D eigenvalue weighted by atomic mass is 35.5. The molecular formula is C16H21Cl2N3O. The largest absolute Gasteiger partial charge is 0.333 e. The number of hydrogen-bond donors (Lipinski definition) is 1. The summed E-state index contributed by atoms with van der Waals surface area (Å²) in [4.78, 5) is 18.9. The molecule has 2 aromatic rings. The summed E-state index contributed by atoms with van der Waals surface area (Å²) in [6.07, 6.45) is 1.77. The highest BCUT2D eigenvalue weighted by Crippen LogP contribution is 2.17. The second-order valence-corrected chi connectivity index (χ2v) is 5.53. The standard InChI is InChI=1S/C16H19N3O.2ClH/c1-11-10-19(12(2)9-18-11)16(20)14-5-6-15-13(8-14)4-3-7-17-15;;/h3-8,11-12,18H,9-10H2,1-2H3;2*1H. The van der Waals surface area contributed by atoms with Gasteiger partial charge in [0, 0.05) is 42.3 Å². The third kappa shape index (κ3) is 3.69. The van der Waals surface area contributed by atoms with E-state index < -0.39 is 0 Å². The van der Waals surface area contributed by atoms with Crippen molar-refractivity contribution < 1.29 is 4.79 Å². The third-order valence-corrected chi connectivity index (χ3v) is 3.88. The molecule has 0 radical (unpaired) electrons. The van der Waals surface area contributed by atoms with Crippen LogP contribution in [0.25, 0.3) is 10.9 Å². The van der Waals surface area contributed by atoms with Crippen molar-refractivity contribution in [2.45, 2.75) is 25.9 Å². The molecule has 1 N–H and O–H groups in total. The van der Waals surface area contributed by atoms with Crippen LogP contribution in [0.5, 0.6) is 0 Å². The Morgan fingerprint density at radius 1 is 1.27 bits per heavy atom. The van der Waals surface area contributed by atoms with E-state index in [-0.39, 0.29) is 36.8 Å². The zero-order valence-corrected chi connectivity index (χ0v) is 14.3. The number of piperazine rings is 1. The predicted molar refractivity (Wildman–Crippen MR) is 94.2 cm³/mol. The molecule has 1 aliphatic heterocycles. The molecule has 4 nitrogen and oxygen atoms in total. The highest BCUT2D eigenvalue weighted by Gasteiger charge is 2.27. The van der Waals surface area contributed by atoms with Gasteiger partial charge in [-0.1, -0.05) is 6.07 Å². The number of carbonyl (C=O) groups is 1. The van der Waals surface area contributed by atoms with Crippen LogP contribution in [0.15, 0.2) is 36.5 Å². The fraction of sp³-hybridized carbons (Fsp3) is 0.375. The lowest BCUT2D eigenvalue weighted by atomic mass is 10.1. The number of aromatic nitrogens is 1. The maximum atomic E-state index is 12.7. The minimum Gasteiger partial charge on any atom is -0.333 e. The van der Waals surface area contributed by atoms with Crippen molar-refractivity contribution in [1.29, 1.82) is 0 Å². The van der Waals surface area contributed by atoms with Crippen LogP contribution in [0.3, 0.4) is 0 Å². The van der Waals surface area contributed by atoms with E-state index in [9.17, 15) is 4.79 Å². The first-order chi connectivity index (χ1) is 9.65. The van der Waals surface area contributed by atoms with E-state index in [1.807, 2.05) is 35.2 Å². The molecule has 0 bridgehead atoms. The van der Waals surface area contributed by atoms with Crippen LogP contribution in [0.1, 0.15) is 24.2 Å². The van der Waals surface area contributed by atoms with Gasteiger partial charge in [-0.2, -0.15) is 0 Å². The number of nitrogens with one attached hydrogen (secondary N) is 1. The number of pyridine rings is 1. The number of halogens is 2. The number of hydrogen-bond acceptors (Lipinski definition) is 3. The third-order valence-electron chi connectivity index (χ3n) is 3.88. The molecule has 0 spiro atoms. The second kappa shape index (κ2) is 7.77. The summed E-state index contributed by atoms with van der Waals surface area (Å²) in [6.45, 7) is 5.79. The molecule has 1 saturated heterocycles. The Morgan fingerprint density at radius 3 is 2.82 bits per heavy atom. The first-order valence-electron chi connectivity index (χ1n) is 7.04. The number of benzene rings is 1. The van der Waals surface area contributed by atoms with Gasteiger partial charge in [-0.25, -0.2) is 0 Å². The molecule has 0 aliphatic carbocycles. The SMILES string of the molecule is CC1CN(C(=O)c2ccc3ncccc3c2)C(C)CN1.Cl.Cl. The Labute approximate surface area is 143 Å². The zero-order valence-electron chi connectivity index (χ0n) is 12.7. The van der Waals surface area contributed by atoms with E-state index in [0.717, 1.165) is 29.6 Å². The summed E-state index contributed by atoms with van der Waals surface area (Å²) in [5.41, 5.74) is 1.66. The van der Waals surface area contributed by atoms with Gasteiger partial charge in [-0.15, -0.1) is 24.8 Å². The molecule has 0 saturated carbocycles. The van der Waals surface area contributed by atoms with Gasteiger partial charge in [0.05, 0.1) is 5.52 Å². The minimum atomic E-state index is 0. The van der Waals surface area contributed by atoms with Gasteiger partial charge >= 0.3 is 0 Å². The van der Waals surface area contributed by atoms with Gasteiger partial charge in [-0.3, -0.25) is 9.78 Å². The Bertz CT molecular complexity index is 650. The Kier molecular flexibility index (Phi) is 6.60. The van der Waals surface area contributed by atoms with Crippen molar-refractivity contribution in [3.63, 3.8) is 0 Å². The molecule has 1 aliphatic rings. The predicted octanol–water partition coefficient (Wildman–Crippen LogP) is 2.90. The van der Waals surface area contributed by atoms with Crippen LogP contribution in [0.4, 0.5) is 0 Å². The quantitative estimate of drug-likeness (QED) is 0.867. The van der Waals surface area contributed by atoms with Crippen LogP contribution in [0.2, 0.25) is 0 Å². The normalized spacial score (nSPS) is 20.9. The van der Waals surface area contributed by atoms with E-state index in [0.29, 0.717) is 6.04 Å². The maximum Gasteiger partial charge on any atom is 0.254 e. The summed E-state index contributed by atoms with van der Waals surface area (Å²) in [5, 5.41) is 4.40. The van der Waals surface area contributed by atoms with Crippen molar-refractivity contribution in [3.05, 3.63) is 42.1 Å². The van der Waals surface area contributed by atoms with Gasteiger partial charge < -0.3 is 10.2 Å².